The molecule has 0 aromatic heterocycles. The summed E-state index contributed by atoms with van der Waals surface area (Å²) in [6, 6.07) is 9.47. The number of halogens is 3. The van der Waals surface area contributed by atoms with Crippen LogP contribution in [0.1, 0.15) is 49.7 Å². The predicted octanol–water partition coefficient (Wildman–Crippen LogP) is 7.40. The average Bonchev–Trinajstić information content (AvgIpc) is 2.72. The van der Waals surface area contributed by atoms with E-state index in [1.807, 2.05) is 30.3 Å². The van der Waals surface area contributed by atoms with Crippen LogP contribution < -0.4 is 14.8 Å². The van der Waals surface area contributed by atoms with Crippen LogP contribution in [0.2, 0.25) is 10.0 Å². The average molecular weight is 525 g/mol. The van der Waals surface area contributed by atoms with Gasteiger partial charge >= 0.3 is 0 Å². The second-order valence-corrected chi connectivity index (χ2v) is 11.3. The second kappa shape index (κ2) is 8.78. The van der Waals surface area contributed by atoms with Crippen LogP contribution in [0, 0.1) is 17.8 Å². The molecule has 4 aliphatic carbocycles. The molecule has 0 amide bonds. The van der Waals surface area contributed by atoms with Crippen LogP contribution in [0.4, 0.5) is 0 Å². The maximum absolute atomic E-state index is 6.36. The van der Waals surface area contributed by atoms with E-state index in [-0.39, 0.29) is 12.1 Å². The zero-order valence-corrected chi connectivity index (χ0v) is 20.8. The van der Waals surface area contributed by atoms with Crippen LogP contribution in [-0.2, 0) is 13.2 Å². The minimum Gasteiger partial charge on any atom is -0.493 e. The van der Waals surface area contributed by atoms with Gasteiger partial charge < -0.3 is 14.8 Å². The van der Waals surface area contributed by atoms with E-state index >= 15 is 0 Å². The van der Waals surface area contributed by atoms with E-state index in [1.54, 1.807) is 7.11 Å². The SMILES string of the molecule is COc1ccc(Br)c(CNC23CC4CC(CC(C4)C2)C3)c1OCc1c(Cl)cccc1Cl. The smallest absolute Gasteiger partial charge is 0.167 e. The quantitative estimate of drug-likeness (QED) is 0.409. The van der Waals surface area contributed by atoms with Gasteiger partial charge in [0.25, 0.3) is 0 Å². The highest BCUT2D eigenvalue weighted by Gasteiger charge is 2.50. The number of ether oxygens (including phenoxy) is 2. The van der Waals surface area contributed by atoms with E-state index in [1.165, 1.54) is 38.5 Å². The van der Waals surface area contributed by atoms with Crippen molar-refractivity contribution in [2.45, 2.75) is 57.2 Å². The fourth-order valence-corrected chi connectivity index (χ4v) is 7.44. The van der Waals surface area contributed by atoms with Gasteiger partial charge in [-0.25, -0.2) is 0 Å². The van der Waals surface area contributed by atoms with E-state index in [0.717, 1.165) is 45.6 Å². The first kappa shape index (κ1) is 21.9. The summed E-state index contributed by atoms with van der Waals surface area (Å²) in [5.41, 5.74) is 2.15. The molecule has 6 heteroatoms. The monoisotopic (exact) mass is 523 g/mol. The fraction of sp³-hybridized carbons (Fsp3) is 0.520. The molecule has 0 spiro atoms. The summed E-state index contributed by atoms with van der Waals surface area (Å²) in [7, 11) is 1.68. The molecule has 1 N–H and O–H groups in total. The van der Waals surface area contributed by atoms with Gasteiger partial charge in [0.05, 0.1) is 7.11 Å². The van der Waals surface area contributed by atoms with E-state index in [4.69, 9.17) is 32.7 Å². The van der Waals surface area contributed by atoms with Crippen LogP contribution in [0.25, 0.3) is 0 Å². The summed E-state index contributed by atoms with van der Waals surface area (Å²) >= 11 is 16.5. The van der Waals surface area contributed by atoms with Crippen LogP contribution >= 0.6 is 39.1 Å². The second-order valence-electron chi connectivity index (χ2n) is 9.60. The van der Waals surface area contributed by atoms with Crippen molar-refractivity contribution in [2.24, 2.45) is 17.8 Å². The van der Waals surface area contributed by atoms with Gasteiger partial charge in [0.2, 0.25) is 0 Å². The van der Waals surface area contributed by atoms with Crippen molar-refractivity contribution >= 4 is 39.1 Å². The zero-order chi connectivity index (χ0) is 21.6. The molecule has 0 saturated heterocycles. The van der Waals surface area contributed by atoms with Crippen LogP contribution in [-0.4, -0.2) is 12.6 Å². The van der Waals surface area contributed by atoms with Gasteiger partial charge in [0, 0.05) is 37.7 Å². The third-order valence-corrected chi connectivity index (χ3v) is 8.94. The Labute approximate surface area is 202 Å². The summed E-state index contributed by atoms with van der Waals surface area (Å²) in [4.78, 5) is 0. The molecule has 2 aromatic rings. The standard InChI is InChI=1S/C25H28BrCl2NO2/c1-30-23-6-5-20(26)18(24(23)31-14-19-21(27)3-2-4-22(19)28)13-29-25-10-15-7-16(11-25)9-17(8-15)12-25/h2-6,15-17,29H,7-14H2,1H3. The van der Waals surface area contributed by atoms with Gasteiger partial charge in [-0.2, -0.15) is 0 Å². The van der Waals surface area contributed by atoms with Crippen molar-refractivity contribution in [1.29, 1.82) is 0 Å². The maximum atomic E-state index is 6.36. The van der Waals surface area contributed by atoms with Gasteiger partial charge in [-0.05, 0) is 80.5 Å². The molecule has 0 aliphatic heterocycles. The molecule has 0 heterocycles. The Hall–Kier alpha value is -0.940. The summed E-state index contributed by atoms with van der Waals surface area (Å²) in [6.45, 7) is 1.03. The van der Waals surface area contributed by atoms with Gasteiger partial charge in [-0.1, -0.05) is 45.2 Å². The topological polar surface area (TPSA) is 30.5 Å². The summed E-state index contributed by atoms with van der Waals surface area (Å²) in [5, 5.41) is 5.19. The first-order valence-corrected chi connectivity index (χ1v) is 12.7. The molecule has 4 bridgehead atoms. The van der Waals surface area contributed by atoms with Crippen molar-refractivity contribution in [3.8, 4) is 11.5 Å². The summed E-state index contributed by atoms with van der Waals surface area (Å²) in [6.07, 6.45) is 8.26. The molecule has 0 atom stereocenters. The first-order valence-electron chi connectivity index (χ1n) is 11.1. The largest absolute Gasteiger partial charge is 0.493 e. The molecule has 0 radical (unpaired) electrons. The van der Waals surface area contributed by atoms with Gasteiger partial charge in [0.1, 0.15) is 6.61 Å². The molecule has 3 nitrogen and oxygen atoms in total. The lowest BCUT2D eigenvalue weighted by Gasteiger charge is -2.57. The Bertz CT molecular complexity index is 925. The highest BCUT2D eigenvalue weighted by atomic mass is 79.9. The Morgan fingerprint density at radius 3 is 2.16 bits per heavy atom. The first-order chi connectivity index (χ1) is 15.0. The highest BCUT2D eigenvalue weighted by molar-refractivity contribution is 9.10. The van der Waals surface area contributed by atoms with Crippen LogP contribution in [0.5, 0.6) is 11.5 Å². The minimum atomic E-state index is 0.278. The molecule has 4 aliphatic rings. The molecule has 2 aromatic carbocycles. The van der Waals surface area contributed by atoms with Gasteiger partial charge in [-0.3, -0.25) is 0 Å². The maximum Gasteiger partial charge on any atom is 0.167 e. The Balaban J connectivity index is 1.38. The van der Waals surface area contributed by atoms with Crippen molar-refractivity contribution in [2.75, 3.05) is 7.11 Å². The number of methoxy groups -OCH3 is 1. The lowest BCUT2D eigenvalue weighted by molar-refractivity contribution is -0.0207. The Kier molecular flexibility index (Phi) is 6.19. The molecule has 166 valence electrons. The summed E-state index contributed by atoms with van der Waals surface area (Å²) in [5.74, 6) is 4.18. The molecule has 0 unspecified atom stereocenters. The molecule has 4 saturated carbocycles. The summed E-state index contributed by atoms with van der Waals surface area (Å²) < 4.78 is 13.0. The fourth-order valence-electron chi connectivity index (χ4n) is 6.48. The van der Waals surface area contributed by atoms with E-state index in [0.29, 0.717) is 15.8 Å². The Morgan fingerprint density at radius 2 is 1.58 bits per heavy atom. The number of nitrogens with one attached hydrogen (secondary N) is 1. The zero-order valence-electron chi connectivity index (χ0n) is 17.7. The Morgan fingerprint density at radius 1 is 0.968 bits per heavy atom. The van der Waals surface area contributed by atoms with Crippen LogP contribution in [0.3, 0.4) is 0 Å². The normalized spacial score (nSPS) is 28.7. The lowest BCUT2D eigenvalue weighted by Crippen LogP contribution is -2.58. The van der Waals surface area contributed by atoms with Gasteiger partial charge in [0.15, 0.2) is 11.5 Å². The molecular weight excluding hydrogens is 497 g/mol. The minimum absolute atomic E-state index is 0.278. The molecule has 6 rings (SSSR count). The molecular formula is C25H28BrCl2NO2. The van der Waals surface area contributed by atoms with E-state index in [2.05, 4.69) is 21.2 Å². The lowest BCUT2D eigenvalue weighted by atomic mass is 9.53. The third kappa shape index (κ3) is 4.34. The van der Waals surface area contributed by atoms with Crippen molar-refractivity contribution in [1.82, 2.24) is 5.32 Å². The number of benzene rings is 2. The van der Waals surface area contributed by atoms with E-state index < -0.39 is 0 Å². The van der Waals surface area contributed by atoms with Crippen molar-refractivity contribution < 1.29 is 9.47 Å². The van der Waals surface area contributed by atoms with Crippen LogP contribution in [0.15, 0.2) is 34.8 Å². The van der Waals surface area contributed by atoms with Crippen molar-refractivity contribution in [3.63, 3.8) is 0 Å². The van der Waals surface area contributed by atoms with E-state index in [9.17, 15) is 0 Å². The number of rotatable bonds is 7. The number of hydrogen-bond acceptors (Lipinski definition) is 3. The number of hydrogen-bond donors (Lipinski definition) is 1. The van der Waals surface area contributed by atoms with Gasteiger partial charge in [-0.15, -0.1) is 0 Å². The molecule has 4 fully saturated rings. The van der Waals surface area contributed by atoms with Crippen molar-refractivity contribution in [3.05, 3.63) is 56.0 Å². The highest BCUT2D eigenvalue weighted by Crippen LogP contribution is 2.55. The molecule has 31 heavy (non-hydrogen) atoms. The predicted molar refractivity (Wildman–Crippen MR) is 129 cm³/mol. The third-order valence-electron chi connectivity index (χ3n) is 7.49.